The van der Waals surface area contributed by atoms with E-state index in [-0.39, 0.29) is 11.9 Å². The minimum Gasteiger partial charge on any atom is -0.381 e. The molecule has 0 unspecified atom stereocenters. The van der Waals surface area contributed by atoms with E-state index in [2.05, 4.69) is 10.2 Å². The number of carbonyl (C=O) groups is 1. The number of carbonyl (C=O) groups excluding carboxylic acids is 1. The lowest BCUT2D eigenvalue weighted by Gasteiger charge is -2.24. The van der Waals surface area contributed by atoms with Crippen LogP contribution in [0.1, 0.15) is 16.8 Å². The Morgan fingerprint density at radius 2 is 2.32 bits per heavy atom. The van der Waals surface area contributed by atoms with Gasteiger partial charge in [0.2, 0.25) is 0 Å². The van der Waals surface area contributed by atoms with Gasteiger partial charge in [-0.05, 0) is 23.8 Å². The highest BCUT2D eigenvalue weighted by Gasteiger charge is 2.46. The minimum absolute atomic E-state index is 0.0444. The van der Waals surface area contributed by atoms with Gasteiger partial charge in [-0.1, -0.05) is 0 Å². The Balaban J connectivity index is 1.41. The first-order valence-corrected chi connectivity index (χ1v) is 8.98. The zero-order chi connectivity index (χ0) is 14.9. The third kappa shape index (κ3) is 2.80. The van der Waals surface area contributed by atoms with Gasteiger partial charge >= 0.3 is 0 Å². The molecule has 4 rings (SSSR count). The summed E-state index contributed by atoms with van der Waals surface area (Å²) in [5.74, 6) is 1.10. The maximum absolute atomic E-state index is 12.3. The lowest BCUT2D eigenvalue weighted by Crippen LogP contribution is -2.41. The molecular weight excluding hydrogens is 300 g/mol. The van der Waals surface area contributed by atoms with E-state index in [9.17, 15) is 4.79 Å². The summed E-state index contributed by atoms with van der Waals surface area (Å²) in [5, 5.41) is 7.07. The minimum atomic E-state index is 0.0444. The summed E-state index contributed by atoms with van der Waals surface area (Å²) in [4.78, 5) is 14.8. The number of hydrogen-bond donors (Lipinski definition) is 1. The molecule has 1 aromatic rings. The van der Waals surface area contributed by atoms with E-state index in [1.54, 1.807) is 11.3 Å². The molecule has 5 nitrogen and oxygen atoms in total. The average molecular weight is 322 g/mol. The monoisotopic (exact) mass is 322 g/mol. The van der Waals surface area contributed by atoms with E-state index < -0.39 is 0 Å². The van der Waals surface area contributed by atoms with Crippen LogP contribution in [0.4, 0.5) is 0 Å². The lowest BCUT2D eigenvalue weighted by molar-refractivity contribution is 0.0912. The predicted octanol–water partition coefficient (Wildman–Crippen LogP) is 1.21. The zero-order valence-electron chi connectivity index (χ0n) is 12.6. The molecule has 4 heterocycles. The number of nitrogens with one attached hydrogen (secondary N) is 1. The molecule has 3 aliphatic rings. The molecule has 0 bridgehead atoms. The number of nitrogens with zero attached hydrogens (tertiary/aromatic N) is 1. The van der Waals surface area contributed by atoms with Crippen molar-refractivity contribution >= 4 is 17.2 Å². The van der Waals surface area contributed by atoms with Gasteiger partial charge in [-0.3, -0.25) is 9.69 Å². The van der Waals surface area contributed by atoms with Crippen molar-refractivity contribution in [3.05, 3.63) is 22.4 Å². The van der Waals surface area contributed by atoms with E-state index >= 15 is 0 Å². The second kappa shape index (κ2) is 6.28. The molecule has 0 aromatic carbocycles. The van der Waals surface area contributed by atoms with Crippen molar-refractivity contribution in [3.8, 4) is 0 Å². The second-order valence-electron chi connectivity index (χ2n) is 6.54. The Bertz CT molecular complexity index is 515. The van der Waals surface area contributed by atoms with E-state index in [0.29, 0.717) is 17.9 Å². The molecule has 1 N–H and O–H groups in total. The summed E-state index contributed by atoms with van der Waals surface area (Å²) in [5.41, 5.74) is 0.767. The standard InChI is InChI=1S/C16H22N2O3S/c19-16(12-2-4-22-10-12)17-14-6-18(5-11-1-3-20-7-11)15-9-21-8-13(14)15/h2,4,10-11,13-15H,1,3,5-9H2,(H,17,19)/t11-,13-,14-,15-/m1/s1. The second-order valence-corrected chi connectivity index (χ2v) is 7.32. The van der Waals surface area contributed by atoms with Gasteiger partial charge in [0, 0.05) is 48.6 Å². The topological polar surface area (TPSA) is 50.8 Å². The summed E-state index contributed by atoms with van der Waals surface area (Å²) in [6.07, 6.45) is 1.15. The van der Waals surface area contributed by atoms with E-state index in [1.165, 1.54) is 0 Å². The molecule has 0 spiro atoms. The molecule has 3 aliphatic heterocycles. The van der Waals surface area contributed by atoms with Crippen molar-refractivity contribution < 1.29 is 14.3 Å². The van der Waals surface area contributed by atoms with E-state index in [1.807, 2.05) is 16.8 Å². The summed E-state index contributed by atoms with van der Waals surface area (Å²) in [6, 6.07) is 2.53. The fraction of sp³-hybridized carbons (Fsp3) is 0.688. The number of thiophene rings is 1. The lowest BCUT2D eigenvalue weighted by atomic mass is 9.99. The smallest absolute Gasteiger partial charge is 0.252 e. The van der Waals surface area contributed by atoms with Gasteiger partial charge in [-0.2, -0.15) is 11.3 Å². The first-order chi connectivity index (χ1) is 10.8. The molecule has 3 fully saturated rings. The quantitative estimate of drug-likeness (QED) is 0.905. The highest BCUT2D eigenvalue weighted by atomic mass is 32.1. The van der Waals surface area contributed by atoms with Crippen LogP contribution in [0, 0.1) is 11.8 Å². The Morgan fingerprint density at radius 3 is 3.09 bits per heavy atom. The number of hydrogen-bond acceptors (Lipinski definition) is 5. The summed E-state index contributed by atoms with van der Waals surface area (Å²) in [7, 11) is 0. The van der Waals surface area contributed by atoms with Crippen molar-refractivity contribution in [1.29, 1.82) is 0 Å². The number of fused-ring (bicyclic) bond motifs is 1. The Hall–Kier alpha value is -0.950. The fourth-order valence-corrected chi connectivity index (χ4v) is 4.55. The van der Waals surface area contributed by atoms with Gasteiger partial charge in [0.1, 0.15) is 0 Å². The van der Waals surface area contributed by atoms with Crippen molar-refractivity contribution in [3.63, 3.8) is 0 Å². The first kappa shape index (κ1) is 14.6. The number of ether oxygens (including phenoxy) is 2. The number of amides is 1. The van der Waals surface area contributed by atoms with Crippen LogP contribution in [0.2, 0.25) is 0 Å². The van der Waals surface area contributed by atoms with E-state index in [4.69, 9.17) is 9.47 Å². The zero-order valence-corrected chi connectivity index (χ0v) is 13.4. The van der Waals surface area contributed by atoms with Crippen LogP contribution < -0.4 is 5.32 Å². The Morgan fingerprint density at radius 1 is 1.36 bits per heavy atom. The molecule has 0 radical (unpaired) electrons. The number of rotatable bonds is 4. The molecule has 120 valence electrons. The molecule has 6 heteroatoms. The highest BCUT2D eigenvalue weighted by Crippen LogP contribution is 2.32. The third-order valence-electron chi connectivity index (χ3n) is 5.13. The van der Waals surface area contributed by atoms with E-state index in [0.717, 1.165) is 51.5 Å². The Labute approximate surface area is 134 Å². The van der Waals surface area contributed by atoms with Gasteiger partial charge in [0.15, 0.2) is 0 Å². The normalized spacial score (nSPS) is 34.9. The number of likely N-dealkylation sites (tertiary alicyclic amines) is 1. The Kier molecular flexibility index (Phi) is 4.17. The van der Waals surface area contributed by atoms with Gasteiger partial charge in [0.25, 0.3) is 5.91 Å². The van der Waals surface area contributed by atoms with Gasteiger partial charge in [0.05, 0.1) is 19.8 Å². The molecule has 1 aromatic heterocycles. The van der Waals surface area contributed by atoms with Crippen LogP contribution in [0.15, 0.2) is 16.8 Å². The first-order valence-electron chi connectivity index (χ1n) is 8.04. The molecule has 0 aliphatic carbocycles. The van der Waals surface area contributed by atoms with Crippen LogP contribution in [0.3, 0.4) is 0 Å². The maximum atomic E-state index is 12.3. The largest absolute Gasteiger partial charge is 0.381 e. The fourth-order valence-electron chi connectivity index (χ4n) is 3.91. The summed E-state index contributed by atoms with van der Waals surface area (Å²) >= 11 is 1.56. The summed E-state index contributed by atoms with van der Waals surface area (Å²) in [6.45, 7) is 5.32. The van der Waals surface area contributed by atoms with Crippen LogP contribution in [0.5, 0.6) is 0 Å². The third-order valence-corrected chi connectivity index (χ3v) is 5.81. The molecule has 22 heavy (non-hydrogen) atoms. The van der Waals surface area contributed by atoms with Crippen molar-refractivity contribution in [2.24, 2.45) is 11.8 Å². The highest BCUT2D eigenvalue weighted by molar-refractivity contribution is 7.08. The predicted molar refractivity (Wildman–Crippen MR) is 84.2 cm³/mol. The van der Waals surface area contributed by atoms with Crippen molar-refractivity contribution in [1.82, 2.24) is 10.2 Å². The van der Waals surface area contributed by atoms with Gasteiger partial charge in [-0.25, -0.2) is 0 Å². The van der Waals surface area contributed by atoms with Crippen LogP contribution in [0.25, 0.3) is 0 Å². The average Bonchev–Trinajstić information content (AvgIpc) is 3.27. The molecular formula is C16H22N2O3S. The van der Waals surface area contributed by atoms with Gasteiger partial charge in [-0.15, -0.1) is 0 Å². The van der Waals surface area contributed by atoms with Crippen molar-refractivity contribution in [2.75, 3.05) is 39.5 Å². The summed E-state index contributed by atoms with van der Waals surface area (Å²) < 4.78 is 11.2. The maximum Gasteiger partial charge on any atom is 0.252 e. The molecule has 4 atom stereocenters. The van der Waals surface area contributed by atoms with Crippen molar-refractivity contribution in [2.45, 2.75) is 18.5 Å². The van der Waals surface area contributed by atoms with Gasteiger partial charge < -0.3 is 14.8 Å². The SMILES string of the molecule is O=C(N[C@@H]1CN(C[C@H]2CCOC2)[C@@H]2COC[C@@H]21)c1ccsc1. The van der Waals surface area contributed by atoms with Crippen LogP contribution in [-0.4, -0.2) is 62.4 Å². The van der Waals surface area contributed by atoms with Crippen LogP contribution >= 0.6 is 11.3 Å². The van der Waals surface area contributed by atoms with Crippen LogP contribution in [-0.2, 0) is 9.47 Å². The molecule has 1 amide bonds. The molecule has 0 saturated carbocycles. The molecule has 3 saturated heterocycles.